The summed E-state index contributed by atoms with van der Waals surface area (Å²) >= 11 is 0. The number of ether oxygens (including phenoxy) is 2. The molecular weight excluding hydrogens is 260 g/mol. The van der Waals surface area contributed by atoms with Gasteiger partial charge in [0.15, 0.2) is 5.41 Å². The summed E-state index contributed by atoms with van der Waals surface area (Å²) in [5, 5.41) is 0. The van der Waals surface area contributed by atoms with Crippen molar-refractivity contribution in [3.63, 3.8) is 0 Å². The van der Waals surface area contributed by atoms with Gasteiger partial charge in [-0.15, -0.1) is 0 Å². The summed E-state index contributed by atoms with van der Waals surface area (Å²) in [6.07, 6.45) is 3.97. The van der Waals surface area contributed by atoms with E-state index < -0.39 is 25.4 Å². The molecule has 1 aliphatic carbocycles. The predicted octanol–water partition coefficient (Wildman–Crippen LogP) is 2.85. The van der Waals surface area contributed by atoms with Gasteiger partial charge in [-0.3, -0.25) is 9.59 Å². The van der Waals surface area contributed by atoms with E-state index in [-0.39, 0.29) is 5.92 Å². The molecule has 0 N–H and O–H groups in total. The van der Waals surface area contributed by atoms with Gasteiger partial charge >= 0.3 is 11.9 Å². The molecule has 19 heavy (non-hydrogen) atoms. The molecule has 1 rings (SSSR count). The van der Waals surface area contributed by atoms with Crippen molar-refractivity contribution in [3.05, 3.63) is 0 Å². The summed E-state index contributed by atoms with van der Waals surface area (Å²) in [7, 11) is 1.10. The fraction of sp³-hybridized carbons (Fsp3) is 0.857. The average molecular weight is 286 g/mol. The Kier molecular flexibility index (Phi) is 5.18. The molecule has 4 nitrogen and oxygen atoms in total. The third-order valence-corrected chi connectivity index (χ3v) is 5.58. The predicted molar refractivity (Wildman–Crippen MR) is 76.6 cm³/mol. The Labute approximate surface area is 116 Å². The highest BCUT2D eigenvalue weighted by molar-refractivity contribution is 6.76. The van der Waals surface area contributed by atoms with Crippen LogP contribution in [-0.2, 0) is 19.1 Å². The first-order chi connectivity index (χ1) is 8.78. The van der Waals surface area contributed by atoms with Crippen molar-refractivity contribution >= 4 is 20.0 Å². The number of hydrogen-bond acceptors (Lipinski definition) is 4. The lowest BCUT2D eigenvalue weighted by Crippen LogP contribution is -2.50. The van der Waals surface area contributed by atoms with E-state index in [2.05, 4.69) is 19.6 Å². The van der Waals surface area contributed by atoms with Gasteiger partial charge < -0.3 is 9.47 Å². The molecule has 0 heterocycles. The lowest BCUT2D eigenvalue weighted by molar-refractivity contribution is -0.172. The van der Waals surface area contributed by atoms with Crippen LogP contribution in [0.4, 0.5) is 0 Å². The first kappa shape index (κ1) is 16.2. The maximum absolute atomic E-state index is 12.4. The Hall–Kier alpha value is -0.843. The molecule has 1 fully saturated rings. The molecule has 110 valence electrons. The van der Waals surface area contributed by atoms with E-state index in [0.29, 0.717) is 6.04 Å². The second-order valence-electron chi connectivity index (χ2n) is 6.67. The molecule has 1 saturated carbocycles. The molecule has 0 atom stereocenters. The Morgan fingerprint density at radius 2 is 1.47 bits per heavy atom. The highest BCUT2D eigenvalue weighted by atomic mass is 28.3. The minimum Gasteiger partial charge on any atom is -0.468 e. The summed E-state index contributed by atoms with van der Waals surface area (Å²) in [6.45, 7) is 6.51. The van der Waals surface area contributed by atoms with Gasteiger partial charge in [-0.1, -0.05) is 32.5 Å². The Balaban J connectivity index is 3.23. The highest BCUT2D eigenvalue weighted by Gasteiger charge is 2.56. The second kappa shape index (κ2) is 6.07. The SMILES string of the molecule is COC(=O)C(C[Si](C)(C)C)(C(=O)OC)C1CCCC1. The van der Waals surface area contributed by atoms with Crippen LogP contribution in [-0.4, -0.2) is 34.2 Å². The van der Waals surface area contributed by atoms with Gasteiger partial charge in [-0.2, -0.15) is 0 Å². The fourth-order valence-corrected chi connectivity index (χ4v) is 5.58. The van der Waals surface area contributed by atoms with Crippen LogP contribution >= 0.6 is 0 Å². The van der Waals surface area contributed by atoms with E-state index >= 15 is 0 Å². The summed E-state index contributed by atoms with van der Waals surface area (Å²) in [4.78, 5) is 24.8. The highest BCUT2D eigenvalue weighted by Crippen LogP contribution is 2.47. The molecule has 0 saturated heterocycles. The smallest absolute Gasteiger partial charge is 0.323 e. The van der Waals surface area contributed by atoms with Gasteiger partial charge in [-0.05, 0) is 24.8 Å². The average Bonchev–Trinajstić information content (AvgIpc) is 2.86. The largest absolute Gasteiger partial charge is 0.468 e. The minimum absolute atomic E-state index is 0.0686. The summed E-state index contributed by atoms with van der Waals surface area (Å²) in [6, 6.07) is 0.601. The van der Waals surface area contributed by atoms with Gasteiger partial charge in [0.1, 0.15) is 0 Å². The van der Waals surface area contributed by atoms with Gasteiger partial charge in [0.25, 0.3) is 0 Å². The molecule has 0 bridgehead atoms. The van der Waals surface area contributed by atoms with Crippen LogP contribution in [0.5, 0.6) is 0 Å². The minimum atomic E-state index is -1.62. The van der Waals surface area contributed by atoms with E-state index in [1.165, 1.54) is 14.2 Å². The molecule has 0 unspecified atom stereocenters. The van der Waals surface area contributed by atoms with Crippen LogP contribution < -0.4 is 0 Å². The van der Waals surface area contributed by atoms with E-state index in [0.717, 1.165) is 25.7 Å². The van der Waals surface area contributed by atoms with Crippen molar-refractivity contribution in [2.24, 2.45) is 11.3 Å². The standard InChI is InChI=1S/C14H26O4Si/c1-17-12(15)14(13(16)18-2,10-19(3,4)5)11-8-6-7-9-11/h11H,6-10H2,1-5H3. The summed E-state index contributed by atoms with van der Waals surface area (Å²) in [5.74, 6) is -0.749. The molecular formula is C14H26O4Si. The van der Waals surface area contributed by atoms with Crippen molar-refractivity contribution in [3.8, 4) is 0 Å². The first-order valence-electron chi connectivity index (χ1n) is 6.95. The van der Waals surface area contributed by atoms with Crippen LogP contribution in [0.15, 0.2) is 0 Å². The zero-order valence-corrected chi connectivity index (χ0v) is 13.7. The number of hydrogen-bond donors (Lipinski definition) is 0. The maximum atomic E-state index is 12.4. The van der Waals surface area contributed by atoms with Crippen molar-refractivity contribution in [1.29, 1.82) is 0 Å². The zero-order valence-electron chi connectivity index (χ0n) is 12.7. The molecule has 1 aliphatic rings. The molecule has 0 aromatic carbocycles. The normalized spacial score (nSPS) is 17.3. The molecule has 0 aromatic heterocycles. The molecule has 0 spiro atoms. The van der Waals surface area contributed by atoms with Crippen molar-refractivity contribution in [2.75, 3.05) is 14.2 Å². The van der Waals surface area contributed by atoms with Gasteiger partial charge in [-0.25, -0.2) is 0 Å². The zero-order chi connectivity index (χ0) is 14.7. The first-order valence-corrected chi connectivity index (χ1v) is 10.7. The van der Waals surface area contributed by atoms with E-state index in [1.54, 1.807) is 0 Å². The molecule has 0 radical (unpaired) electrons. The summed E-state index contributed by atoms with van der Waals surface area (Å²) < 4.78 is 9.96. The van der Waals surface area contributed by atoms with Crippen LogP contribution in [0.25, 0.3) is 0 Å². The fourth-order valence-electron chi connectivity index (χ4n) is 3.32. The number of carbonyl (C=O) groups is 2. The van der Waals surface area contributed by atoms with E-state index in [4.69, 9.17) is 9.47 Å². The lowest BCUT2D eigenvalue weighted by Gasteiger charge is -2.37. The van der Waals surface area contributed by atoms with Crippen LogP contribution in [0, 0.1) is 11.3 Å². The third-order valence-electron chi connectivity index (χ3n) is 3.96. The van der Waals surface area contributed by atoms with Crippen LogP contribution in [0.2, 0.25) is 25.7 Å². The third kappa shape index (κ3) is 3.38. The molecule has 0 amide bonds. The monoisotopic (exact) mass is 286 g/mol. The van der Waals surface area contributed by atoms with Gasteiger partial charge in [0.2, 0.25) is 0 Å². The van der Waals surface area contributed by atoms with Crippen LogP contribution in [0.3, 0.4) is 0 Å². The molecule has 0 aliphatic heterocycles. The van der Waals surface area contributed by atoms with Crippen molar-refractivity contribution < 1.29 is 19.1 Å². The summed E-state index contributed by atoms with van der Waals surface area (Å²) in [5.41, 5.74) is -1.08. The quantitative estimate of drug-likeness (QED) is 0.443. The van der Waals surface area contributed by atoms with Crippen molar-refractivity contribution in [2.45, 2.75) is 51.4 Å². The number of carbonyl (C=O) groups excluding carboxylic acids is 2. The molecule has 0 aromatic rings. The maximum Gasteiger partial charge on any atom is 0.323 e. The topological polar surface area (TPSA) is 52.6 Å². The van der Waals surface area contributed by atoms with E-state index in [1.807, 2.05) is 0 Å². The number of methoxy groups -OCH3 is 2. The Morgan fingerprint density at radius 1 is 1.05 bits per heavy atom. The Morgan fingerprint density at radius 3 is 1.79 bits per heavy atom. The van der Waals surface area contributed by atoms with Gasteiger partial charge in [0.05, 0.1) is 14.2 Å². The Bertz CT molecular complexity index is 324. The number of esters is 2. The van der Waals surface area contributed by atoms with Crippen LogP contribution in [0.1, 0.15) is 25.7 Å². The number of rotatable bonds is 5. The van der Waals surface area contributed by atoms with Gasteiger partial charge in [0, 0.05) is 8.07 Å². The second-order valence-corrected chi connectivity index (χ2v) is 12.1. The lowest BCUT2D eigenvalue weighted by atomic mass is 9.75. The van der Waals surface area contributed by atoms with E-state index in [9.17, 15) is 9.59 Å². The molecule has 5 heteroatoms. The van der Waals surface area contributed by atoms with Crippen molar-refractivity contribution in [1.82, 2.24) is 0 Å².